The molecule has 150 valence electrons. The van der Waals surface area contributed by atoms with Crippen LogP contribution in [0.4, 0.5) is 0 Å². The van der Waals surface area contributed by atoms with Gasteiger partial charge >= 0.3 is 0 Å². The van der Waals surface area contributed by atoms with Crippen LogP contribution in [0.25, 0.3) is 60.7 Å². The predicted octanol–water partition coefficient (Wildman–Crippen LogP) is 7.72. The Hall–Kier alpha value is -4.37. The van der Waals surface area contributed by atoms with Gasteiger partial charge < -0.3 is 8.82 Å². The van der Waals surface area contributed by atoms with Crippen molar-refractivity contribution < 1.29 is 4.42 Å². The molecule has 0 aliphatic rings. The summed E-state index contributed by atoms with van der Waals surface area (Å²) in [5, 5.41) is 4.61. The summed E-state index contributed by atoms with van der Waals surface area (Å²) < 4.78 is 8.33. The number of rotatable bonds is 2. The molecule has 32 heavy (non-hydrogen) atoms. The van der Waals surface area contributed by atoms with Gasteiger partial charge in [-0.2, -0.15) is 0 Å². The lowest BCUT2D eigenvalue weighted by Crippen LogP contribution is -1.85. The van der Waals surface area contributed by atoms with Gasteiger partial charge in [-0.15, -0.1) is 0 Å². The molecule has 0 fully saturated rings. The van der Waals surface area contributed by atoms with Crippen LogP contribution in [0.2, 0.25) is 0 Å². The zero-order valence-corrected chi connectivity index (χ0v) is 17.2. The van der Waals surface area contributed by atoms with E-state index in [-0.39, 0.29) is 0 Å². The van der Waals surface area contributed by atoms with Crippen LogP contribution in [-0.4, -0.2) is 9.38 Å². The summed E-state index contributed by atoms with van der Waals surface area (Å²) >= 11 is 0. The highest BCUT2D eigenvalue weighted by Crippen LogP contribution is 2.40. The molecule has 0 amide bonds. The van der Waals surface area contributed by atoms with Crippen LogP contribution in [0.15, 0.2) is 114 Å². The highest BCUT2D eigenvalue weighted by atomic mass is 16.3. The molecule has 3 heterocycles. The molecule has 0 radical (unpaired) electrons. The third-order valence-corrected chi connectivity index (χ3v) is 6.22. The van der Waals surface area contributed by atoms with Crippen LogP contribution in [0.1, 0.15) is 0 Å². The fraction of sp³-hybridized carbons (Fsp3) is 0. The second-order valence-corrected chi connectivity index (χ2v) is 8.12. The molecule has 0 aliphatic carbocycles. The first-order valence-electron chi connectivity index (χ1n) is 10.7. The maximum absolute atomic E-state index is 6.27. The van der Waals surface area contributed by atoms with Crippen molar-refractivity contribution in [1.29, 1.82) is 0 Å². The lowest BCUT2D eigenvalue weighted by molar-refractivity contribution is 0.672. The van der Waals surface area contributed by atoms with Gasteiger partial charge in [0.1, 0.15) is 16.8 Å². The van der Waals surface area contributed by atoms with Crippen LogP contribution in [0.5, 0.6) is 0 Å². The molecule has 0 saturated carbocycles. The number of benzene rings is 4. The second kappa shape index (κ2) is 6.56. The van der Waals surface area contributed by atoms with E-state index in [0.717, 1.165) is 44.2 Å². The molecule has 0 bridgehead atoms. The summed E-state index contributed by atoms with van der Waals surface area (Å²) in [6.45, 7) is 0. The standard InChI is InChI=1S/C29H18N2O/c1-2-12-23-21(10-1)24(17-25-22-11-3-4-13-27(22)32-29(23)25)19-8-7-9-20(16-19)26-18-31-15-6-5-14-28(31)30-26/h1-18H. The second-order valence-electron chi connectivity index (χ2n) is 8.12. The Bertz CT molecular complexity index is 1760. The quantitative estimate of drug-likeness (QED) is 0.292. The zero-order chi connectivity index (χ0) is 21.1. The highest BCUT2D eigenvalue weighted by molar-refractivity contribution is 6.19. The lowest BCUT2D eigenvalue weighted by Gasteiger charge is -2.09. The molecular formula is C29H18N2O. The van der Waals surface area contributed by atoms with E-state index in [1.165, 1.54) is 16.5 Å². The van der Waals surface area contributed by atoms with Gasteiger partial charge in [-0.05, 0) is 46.8 Å². The van der Waals surface area contributed by atoms with E-state index in [0.29, 0.717) is 0 Å². The smallest absolute Gasteiger partial charge is 0.143 e. The Labute approximate surface area is 184 Å². The molecule has 0 saturated heterocycles. The van der Waals surface area contributed by atoms with Gasteiger partial charge in [0.05, 0.1) is 5.69 Å². The van der Waals surface area contributed by atoms with Gasteiger partial charge in [0, 0.05) is 34.1 Å². The van der Waals surface area contributed by atoms with Crippen LogP contribution in [0, 0.1) is 0 Å². The van der Waals surface area contributed by atoms with Crippen LogP contribution in [-0.2, 0) is 0 Å². The van der Waals surface area contributed by atoms with Crippen LogP contribution >= 0.6 is 0 Å². The van der Waals surface area contributed by atoms with Gasteiger partial charge in [-0.1, -0.05) is 66.7 Å². The molecule has 4 aromatic carbocycles. The third kappa shape index (κ3) is 2.51. The summed E-state index contributed by atoms with van der Waals surface area (Å²) in [5.74, 6) is 0. The monoisotopic (exact) mass is 410 g/mol. The van der Waals surface area contributed by atoms with Crippen molar-refractivity contribution in [3.05, 3.63) is 109 Å². The van der Waals surface area contributed by atoms with Gasteiger partial charge in [0.25, 0.3) is 0 Å². The molecule has 3 heteroatoms. The Balaban J connectivity index is 1.50. The number of nitrogens with zero attached hydrogens (tertiary/aromatic N) is 2. The highest BCUT2D eigenvalue weighted by Gasteiger charge is 2.15. The summed E-state index contributed by atoms with van der Waals surface area (Å²) in [6.07, 6.45) is 4.11. The molecule has 0 spiro atoms. The summed E-state index contributed by atoms with van der Waals surface area (Å²) in [6, 6.07) is 33.7. The van der Waals surface area contributed by atoms with Crippen molar-refractivity contribution in [3.63, 3.8) is 0 Å². The summed E-state index contributed by atoms with van der Waals surface area (Å²) in [5.41, 5.74) is 7.26. The molecule has 0 atom stereocenters. The van der Waals surface area contributed by atoms with E-state index in [4.69, 9.17) is 9.40 Å². The molecule has 0 unspecified atom stereocenters. The average Bonchev–Trinajstić information content (AvgIpc) is 3.45. The molecule has 3 aromatic heterocycles. The predicted molar refractivity (Wildman–Crippen MR) is 131 cm³/mol. The molecule has 0 N–H and O–H groups in total. The first-order valence-corrected chi connectivity index (χ1v) is 10.7. The minimum atomic E-state index is 0.920. The fourth-order valence-corrected chi connectivity index (χ4v) is 4.71. The van der Waals surface area contributed by atoms with Crippen LogP contribution < -0.4 is 0 Å². The number of aromatic nitrogens is 2. The molecule has 0 aliphatic heterocycles. The number of imidazole rings is 1. The maximum atomic E-state index is 6.27. The van der Waals surface area contributed by atoms with Gasteiger partial charge in [0.15, 0.2) is 0 Å². The molecular weight excluding hydrogens is 392 g/mol. The Morgan fingerprint density at radius 1 is 0.625 bits per heavy atom. The minimum absolute atomic E-state index is 0.920. The number of fused-ring (bicyclic) bond motifs is 6. The fourth-order valence-electron chi connectivity index (χ4n) is 4.71. The lowest BCUT2D eigenvalue weighted by atomic mass is 9.94. The van der Waals surface area contributed by atoms with Crippen molar-refractivity contribution in [2.24, 2.45) is 0 Å². The van der Waals surface area contributed by atoms with Crippen molar-refractivity contribution in [2.45, 2.75) is 0 Å². The van der Waals surface area contributed by atoms with Crippen molar-refractivity contribution in [1.82, 2.24) is 9.38 Å². The number of pyridine rings is 1. The van der Waals surface area contributed by atoms with E-state index in [9.17, 15) is 0 Å². The Morgan fingerprint density at radius 2 is 1.41 bits per heavy atom. The minimum Gasteiger partial charge on any atom is -0.455 e. The largest absolute Gasteiger partial charge is 0.455 e. The zero-order valence-electron chi connectivity index (χ0n) is 17.2. The van der Waals surface area contributed by atoms with Gasteiger partial charge in [-0.25, -0.2) is 4.98 Å². The van der Waals surface area contributed by atoms with Gasteiger partial charge in [0.2, 0.25) is 0 Å². The first-order chi connectivity index (χ1) is 15.8. The number of para-hydroxylation sites is 1. The van der Waals surface area contributed by atoms with E-state index in [1.54, 1.807) is 0 Å². The van der Waals surface area contributed by atoms with Crippen molar-refractivity contribution >= 4 is 38.4 Å². The van der Waals surface area contributed by atoms with E-state index in [2.05, 4.69) is 77.3 Å². The number of furan rings is 1. The molecule has 3 nitrogen and oxygen atoms in total. The normalized spacial score (nSPS) is 11.8. The molecule has 7 rings (SSSR count). The SMILES string of the molecule is c1cc(-c2cn3ccccc3n2)cc(-c2cc3c4ccccc4oc3c3ccccc23)c1. The maximum Gasteiger partial charge on any atom is 0.143 e. The van der Waals surface area contributed by atoms with Crippen molar-refractivity contribution in [3.8, 4) is 22.4 Å². The Morgan fingerprint density at radius 3 is 2.31 bits per heavy atom. The number of hydrogen-bond acceptors (Lipinski definition) is 2. The van der Waals surface area contributed by atoms with E-state index < -0.39 is 0 Å². The molecule has 7 aromatic rings. The summed E-state index contributed by atoms with van der Waals surface area (Å²) in [7, 11) is 0. The van der Waals surface area contributed by atoms with Crippen molar-refractivity contribution in [2.75, 3.05) is 0 Å². The third-order valence-electron chi connectivity index (χ3n) is 6.22. The number of hydrogen-bond donors (Lipinski definition) is 0. The van der Waals surface area contributed by atoms with Gasteiger partial charge in [-0.3, -0.25) is 0 Å². The Kier molecular flexibility index (Phi) is 3.55. The first kappa shape index (κ1) is 17.3. The van der Waals surface area contributed by atoms with E-state index >= 15 is 0 Å². The topological polar surface area (TPSA) is 30.4 Å². The summed E-state index contributed by atoms with van der Waals surface area (Å²) in [4.78, 5) is 4.81. The van der Waals surface area contributed by atoms with E-state index in [1.807, 2.05) is 36.5 Å². The average molecular weight is 410 g/mol. The van der Waals surface area contributed by atoms with Crippen LogP contribution in [0.3, 0.4) is 0 Å².